The van der Waals surface area contributed by atoms with E-state index in [1.54, 1.807) is 11.9 Å². The van der Waals surface area contributed by atoms with Crippen molar-refractivity contribution in [2.24, 2.45) is 5.92 Å². The molecule has 1 aliphatic heterocycles. The average Bonchev–Trinajstić information content (AvgIpc) is 2.93. The SMILES string of the molecule is CC[C@]1(c2ccccc2)NC(=O)N(CC(=O)N(C)C2CCC(C)CC2)C1=O. The zero-order chi connectivity index (χ0) is 19.6. The van der Waals surface area contributed by atoms with Crippen LogP contribution in [0.2, 0.25) is 0 Å². The topological polar surface area (TPSA) is 69.7 Å². The van der Waals surface area contributed by atoms with Gasteiger partial charge in [-0.25, -0.2) is 4.79 Å². The van der Waals surface area contributed by atoms with Gasteiger partial charge in [-0.1, -0.05) is 44.2 Å². The summed E-state index contributed by atoms with van der Waals surface area (Å²) in [5.41, 5.74) is -0.340. The molecule has 0 aromatic heterocycles. The van der Waals surface area contributed by atoms with Gasteiger partial charge < -0.3 is 10.2 Å². The minimum atomic E-state index is -1.09. The van der Waals surface area contributed by atoms with Crippen LogP contribution in [0.1, 0.15) is 51.5 Å². The van der Waals surface area contributed by atoms with Crippen LogP contribution in [0.15, 0.2) is 30.3 Å². The van der Waals surface area contributed by atoms with E-state index in [0.717, 1.165) is 36.1 Å². The Morgan fingerprint density at radius 1 is 1.19 bits per heavy atom. The fraction of sp³-hybridized carbons (Fsp3) is 0.571. The number of carbonyl (C=O) groups excluding carboxylic acids is 3. The molecule has 1 saturated carbocycles. The normalized spacial score (nSPS) is 28.2. The number of hydrogen-bond acceptors (Lipinski definition) is 3. The Hall–Kier alpha value is -2.37. The molecule has 3 rings (SSSR count). The summed E-state index contributed by atoms with van der Waals surface area (Å²) in [5.74, 6) is 0.171. The number of amides is 4. The Morgan fingerprint density at radius 3 is 2.41 bits per heavy atom. The molecule has 0 radical (unpaired) electrons. The molecule has 1 aliphatic carbocycles. The lowest BCUT2D eigenvalue weighted by molar-refractivity contribution is -0.140. The van der Waals surface area contributed by atoms with Crippen LogP contribution in [-0.2, 0) is 15.1 Å². The highest BCUT2D eigenvalue weighted by molar-refractivity contribution is 6.09. The fourth-order valence-electron chi connectivity index (χ4n) is 4.21. The molecule has 6 nitrogen and oxygen atoms in total. The first kappa shape index (κ1) is 19.4. The molecular formula is C21H29N3O3. The van der Waals surface area contributed by atoms with Crippen LogP contribution in [0, 0.1) is 5.92 Å². The molecule has 0 bridgehead atoms. The van der Waals surface area contributed by atoms with Gasteiger partial charge in [0, 0.05) is 13.1 Å². The van der Waals surface area contributed by atoms with Gasteiger partial charge in [-0.3, -0.25) is 14.5 Å². The minimum Gasteiger partial charge on any atom is -0.341 e. The van der Waals surface area contributed by atoms with Crippen molar-refractivity contribution in [2.45, 2.75) is 57.5 Å². The van der Waals surface area contributed by atoms with Crippen molar-refractivity contribution in [2.75, 3.05) is 13.6 Å². The van der Waals surface area contributed by atoms with E-state index in [9.17, 15) is 14.4 Å². The van der Waals surface area contributed by atoms with Gasteiger partial charge >= 0.3 is 6.03 Å². The van der Waals surface area contributed by atoms with Crippen molar-refractivity contribution in [3.05, 3.63) is 35.9 Å². The Bertz CT molecular complexity index is 713. The molecule has 0 unspecified atom stereocenters. The van der Waals surface area contributed by atoms with Crippen molar-refractivity contribution in [1.29, 1.82) is 0 Å². The number of rotatable bonds is 5. The van der Waals surface area contributed by atoms with E-state index in [-0.39, 0.29) is 24.4 Å². The van der Waals surface area contributed by atoms with Crippen LogP contribution in [0.5, 0.6) is 0 Å². The maximum atomic E-state index is 13.1. The van der Waals surface area contributed by atoms with E-state index < -0.39 is 11.6 Å². The van der Waals surface area contributed by atoms with E-state index >= 15 is 0 Å². The molecule has 1 aromatic rings. The molecule has 6 heteroatoms. The second-order valence-electron chi connectivity index (χ2n) is 7.86. The minimum absolute atomic E-state index is 0.182. The number of imide groups is 1. The van der Waals surface area contributed by atoms with E-state index in [1.165, 1.54) is 0 Å². The Labute approximate surface area is 160 Å². The number of benzene rings is 1. The fourth-order valence-corrected chi connectivity index (χ4v) is 4.21. The van der Waals surface area contributed by atoms with Crippen LogP contribution in [0.3, 0.4) is 0 Å². The zero-order valence-corrected chi connectivity index (χ0v) is 16.4. The van der Waals surface area contributed by atoms with Crippen LogP contribution in [0.25, 0.3) is 0 Å². The summed E-state index contributed by atoms with van der Waals surface area (Å²) in [7, 11) is 1.78. The van der Waals surface area contributed by atoms with Gasteiger partial charge in [0.15, 0.2) is 0 Å². The second-order valence-corrected chi connectivity index (χ2v) is 7.86. The highest BCUT2D eigenvalue weighted by Gasteiger charge is 2.51. The summed E-state index contributed by atoms with van der Waals surface area (Å²) in [6.07, 6.45) is 4.61. The molecule has 0 spiro atoms. The highest BCUT2D eigenvalue weighted by Crippen LogP contribution is 2.32. The Morgan fingerprint density at radius 2 is 1.81 bits per heavy atom. The number of urea groups is 1. The van der Waals surface area contributed by atoms with Crippen molar-refractivity contribution < 1.29 is 14.4 Å². The average molecular weight is 371 g/mol. The summed E-state index contributed by atoms with van der Waals surface area (Å²) in [6, 6.07) is 8.93. The number of nitrogens with one attached hydrogen (secondary N) is 1. The summed E-state index contributed by atoms with van der Waals surface area (Å²) in [6.45, 7) is 3.90. The standard InChI is InChI=1S/C21H29N3O3/c1-4-21(16-8-6-5-7-9-16)19(26)24(20(27)22-21)14-18(25)23(3)17-12-10-15(2)11-13-17/h5-9,15,17H,4,10-14H2,1-3H3,(H,22,27)/t15?,17?,21-/m1/s1. The van der Waals surface area contributed by atoms with Gasteiger partial charge in [0.05, 0.1) is 0 Å². The smallest absolute Gasteiger partial charge is 0.325 e. The molecule has 2 aliphatic rings. The van der Waals surface area contributed by atoms with Crippen molar-refractivity contribution in [1.82, 2.24) is 15.1 Å². The molecule has 4 amide bonds. The van der Waals surface area contributed by atoms with Gasteiger partial charge in [0.25, 0.3) is 5.91 Å². The third-order valence-electron chi connectivity index (χ3n) is 6.19. The van der Waals surface area contributed by atoms with Gasteiger partial charge in [-0.15, -0.1) is 0 Å². The Kier molecular flexibility index (Phi) is 5.53. The predicted molar refractivity (Wildman–Crippen MR) is 103 cm³/mol. The lowest BCUT2D eigenvalue weighted by Gasteiger charge is -2.34. The molecular weight excluding hydrogens is 342 g/mol. The summed E-state index contributed by atoms with van der Waals surface area (Å²) in [5, 5.41) is 2.83. The number of carbonyl (C=O) groups is 3. The van der Waals surface area contributed by atoms with Gasteiger partial charge in [0.2, 0.25) is 5.91 Å². The van der Waals surface area contributed by atoms with Crippen molar-refractivity contribution in [3.63, 3.8) is 0 Å². The van der Waals surface area contributed by atoms with Crippen LogP contribution in [-0.4, -0.2) is 47.3 Å². The molecule has 1 saturated heterocycles. The quantitative estimate of drug-likeness (QED) is 0.809. The zero-order valence-electron chi connectivity index (χ0n) is 16.4. The van der Waals surface area contributed by atoms with E-state index in [4.69, 9.17) is 0 Å². The maximum absolute atomic E-state index is 13.1. The summed E-state index contributed by atoms with van der Waals surface area (Å²) >= 11 is 0. The lowest BCUT2D eigenvalue weighted by Crippen LogP contribution is -2.47. The highest BCUT2D eigenvalue weighted by atomic mass is 16.2. The first-order valence-electron chi connectivity index (χ1n) is 9.84. The summed E-state index contributed by atoms with van der Waals surface area (Å²) < 4.78 is 0. The maximum Gasteiger partial charge on any atom is 0.325 e. The number of hydrogen-bond donors (Lipinski definition) is 1. The molecule has 27 heavy (non-hydrogen) atoms. The molecule has 2 fully saturated rings. The number of nitrogens with zero attached hydrogens (tertiary/aromatic N) is 2. The van der Waals surface area contributed by atoms with Crippen molar-refractivity contribution in [3.8, 4) is 0 Å². The first-order valence-corrected chi connectivity index (χ1v) is 9.84. The van der Waals surface area contributed by atoms with Gasteiger partial charge in [-0.2, -0.15) is 0 Å². The molecule has 146 valence electrons. The molecule has 1 heterocycles. The number of likely N-dealkylation sites (N-methyl/N-ethyl adjacent to an activating group) is 1. The first-order chi connectivity index (χ1) is 12.9. The second kappa shape index (κ2) is 7.71. The molecule has 1 atom stereocenters. The van der Waals surface area contributed by atoms with Crippen LogP contribution >= 0.6 is 0 Å². The summed E-state index contributed by atoms with van der Waals surface area (Å²) in [4.78, 5) is 41.2. The van der Waals surface area contributed by atoms with E-state index in [1.807, 2.05) is 37.3 Å². The van der Waals surface area contributed by atoms with Gasteiger partial charge in [0.1, 0.15) is 12.1 Å². The third kappa shape index (κ3) is 3.57. The monoisotopic (exact) mass is 371 g/mol. The lowest BCUT2D eigenvalue weighted by atomic mass is 9.86. The van der Waals surface area contributed by atoms with Crippen molar-refractivity contribution >= 4 is 17.8 Å². The van der Waals surface area contributed by atoms with Crippen LogP contribution in [0.4, 0.5) is 4.79 Å². The molecule has 1 aromatic carbocycles. The predicted octanol–water partition coefficient (Wildman–Crippen LogP) is 2.88. The van der Waals surface area contributed by atoms with E-state index in [0.29, 0.717) is 12.3 Å². The van der Waals surface area contributed by atoms with E-state index in [2.05, 4.69) is 12.2 Å². The van der Waals surface area contributed by atoms with Crippen LogP contribution < -0.4 is 5.32 Å². The molecule has 1 N–H and O–H groups in total. The van der Waals surface area contributed by atoms with Gasteiger partial charge in [-0.05, 0) is 43.6 Å². The Balaban J connectivity index is 1.73. The third-order valence-corrected chi connectivity index (χ3v) is 6.19. The largest absolute Gasteiger partial charge is 0.341 e.